The molecule has 29 heavy (non-hydrogen) atoms. The highest BCUT2D eigenvalue weighted by atomic mass is 32.2. The molecule has 0 saturated carbocycles. The van der Waals surface area contributed by atoms with Crippen LogP contribution in [0, 0.1) is 0 Å². The topological polar surface area (TPSA) is 133 Å². The van der Waals surface area contributed by atoms with Gasteiger partial charge in [-0.1, -0.05) is 0 Å². The molecule has 0 aliphatic carbocycles. The molecule has 158 valence electrons. The lowest BCUT2D eigenvalue weighted by molar-refractivity contribution is -0.139. The summed E-state index contributed by atoms with van der Waals surface area (Å²) in [7, 11) is -3.49. The number of imide groups is 1. The maximum absolute atomic E-state index is 12.1. The molecule has 2 unspecified atom stereocenters. The molecule has 1 fully saturated rings. The summed E-state index contributed by atoms with van der Waals surface area (Å²) in [6.07, 6.45) is 0.231. The Labute approximate surface area is 168 Å². The van der Waals surface area contributed by atoms with Crippen molar-refractivity contribution in [2.45, 2.75) is 38.3 Å². The molecule has 10 nitrogen and oxygen atoms in total. The number of carbonyl (C=O) groups is 3. The molecule has 0 bridgehead atoms. The van der Waals surface area contributed by atoms with Crippen LogP contribution in [0.2, 0.25) is 0 Å². The fourth-order valence-electron chi connectivity index (χ4n) is 3.72. The molecule has 1 saturated heterocycles. The summed E-state index contributed by atoms with van der Waals surface area (Å²) in [6.45, 7) is 2.30. The van der Waals surface area contributed by atoms with Crippen molar-refractivity contribution in [3.05, 3.63) is 18.2 Å². The van der Waals surface area contributed by atoms with Crippen LogP contribution in [0.1, 0.15) is 26.2 Å². The summed E-state index contributed by atoms with van der Waals surface area (Å²) in [5, 5.41) is 9.30. The molecule has 1 aromatic carbocycles. The Morgan fingerprint density at radius 1 is 1.28 bits per heavy atom. The zero-order valence-electron chi connectivity index (χ0n) is 16.1. The number of benzene rings is 1. The number of anilines is 2. The van der Waals surface area contributed by atoms with Crippen LogP contribution in [0.5, 0.6) is 5.75 Å². The first-order valence-electron chi connectivity index (χ1n) is 9.19. The summed E-state index contributed by atoms with van der Waals surface area (Å²) >= 11 is 0. The molecule has 0 spiro atoms. The maximum atomic E-state index is 12.1. The highest BCUT2D eigenvalue weighted by Gasteiger charge is 2.41. The summed E-state index contributed by atoms with van der Waals surface area (Å²) in [5.74, 6) is -1.24. The van der Waals surface area contributed by atoms with Crippen molar-refractivity contribution in [3.63, 3.8) is 0 Å². The van der Waals surface area contributed by atoms with Gasteiger partial charge in [0, 0.05) is 19.4 Å². The van der Waals surface area contributed by atoms with Crippen molar-refractivity contribution in [1.82, 2.24) is 4.90 Å². The minimum atomic E-state index is -3.49. The van der Waals surface area contributed by atoms with Crippen molar-refractivity contribution in [2.24, 2.45) is 0 Å². The van der Waals surface area contributed by atoms with E-state index in [1.165, 1.54) is 6.07 Å². The van der Waals surface area contributed by atoms with Gasteiger partial charge in [0.05, 0.1) is 36.6 Å². The van der Waals surface area contributed by atoms with Crippen LogP contribution in [-0.2, 0) is 24.4 Å². The summed E-state index contributed by atoms with van der Waals surface area (Å²) in [4.78, 5) is 38.6. The van der Waals surface area contributed by atoms with Gasteiger partial charge in [0.2, 0.25) is 21.8 Å². The van der Waals surface area contributed by atoms with Crippen LogP contribution < -0.4 is 14.4 Å². The molecule has 11 heteroatoms. The molecular formula is C18H23N3O7S. The molecule has 3 rings (SSSR count). The lowest BCUT2D eigenvalue weighted by Crippen LogP contribution is -2.56. The van der Waals surface area contributed by atoms with Crippen LogP contribution in [-0.4, -0.2) is 67.7 Å². The Morgan fingerprint density at radius 3 is 2.48 bits per heavy atom. The summed E-state index contributed by atoms with van der Waals surface area (Å²) < 4.78 is 31.4. The van der Waals surface area contributed by atoms with E-state index in [2.05, 4.69) is 4.72 Å². The Morgan fingerprint density at radius 2 is 1.93 bits per heavy atom. The maximum Gasteiger partial charge on any atom is 0.307 e. The van der Waals surface area contributed by atoms with Crippen LogP contribution in [0.4, 0.5) is 11.4 Å². The number of rotatable bonds is 7. The van der Waals surface area contributed by atoms with Crippen LogP contribution in [0.15, 0.2) is 18.2 Å². The quantitative estimate of drug-likeness (QED) is 0.608. The average Bonchev–Trinajstić information content (AvgIpc) is 2.92. The van der Waals surface area contributed by atoms with Gasteiger partial charge in [0.15, 0.2) is 0 Å². The van der Waals surface area contributed by atoms with E-state index in [0.717, 1.165) is 11.2 Å². The second-order valence-corrected chi connectivity index (χ2v) is 8.81. The van der Waals surface area contributed by atoms with E-state index in [-0.39, 0.29) is 37.6 Å². The van der Waals surface area contributed by atoms with E-state index in [9.17, 15) is 27.9 Å². The number of sulfonamides is 1. The first kappa shape index (κ1) is 20.9. The molecule has 0 aromatic heterocycles. The van der Waals surface area contributed by atoms with Gasteiger partial charge < -0.3 is 14.7 Å². The first-order chi connectivity index (χ1) is 13.6. The SMILES string of the molecule is CCN1c2cc(NS(C)(=O)=O)ccc2OC(CC(=O)O)C1CN1C(=O)CCC1=O. The van der Waals surface area contributed by atoms with Gasteiger partial charge in [-0.2, -0.15) is 0 Å². The summed E-state index contributed by atoms with van der Waals surface area (Å²) in [6, 6.07) is 4.11. The van der Waals surface area contributed by atoms with Gasteiger partial charge >= 0.3 is 5.97 Å². The van der Waals surface area contributed by atoms with Crippen LogP contribution in [0.25, 0.3) is 0 Å². The highest BCUT2D eigenvalue weighted by Crippen LogP contribution is 2.39. The second-order valence-electron chi connectivity index (χ2n) is 7.06. The number of nitrogens with zero attached hydrogens (tertiary/aromatic N) is 2. The fraction of sp³-hybridized carbons (Fsp3) is 0.500. The number of hydrogen-bond acceptors (Lipinski definition) is 7. The molecular weight excluding hydrogens is 402 g/mol. The van der Waals surface area contributed by atoms with Gasteiger partial charge in [-0.05, 0) is 25.1 Å². The zero-order valence-corrected chi connectivity index (χ0v) is 16.9. The smallest absolute Gasteiger partial charge is 0.307 e. The Balaban J connectivity index is 1.98. The molecule has 2 aliphatic rings. The van der Waals surface area contributed by atoms with Gasteiger partial charge in [0.25, 0.3) is 0 Å². The largest absolute Gasteiger partial charge is 0.485 e. The Kier molecular flexibility index (Phi) is 5.69. The van der Waals surface area contributed by atoms with E-state index in [1.807, 2.05) is 11.8 Å². The standard InChI is InChI=1S/C18H23N3O7S/c1-3-20-12-8-11(19-29(2,26)27)4-5-14(12)28-15(9-18(24)25)13(20)10-21-16(22)6-7-17(21)23/h4-5,8,13,15,19H,3,6-7,9-10H2,1-2H3,(H,24,25). The fourth-order valence-corrected chi connectivity index (χ4v) is 4.28. The van der Waals surface area contributed by atoms with Crippen molar-refractivity contribution in [2.75, 3.05) is 29.0 Å². The molecule has 2 heterocycles. The Bertz CT molecular complexity index is 931. The van der Waals surface area contributed by atoms with E-state index in [1.54, 1.807) is 12.1 Å². The molecule has 0 radical (unpaired) electrons. The van der Waals surface area contributed by atoms with Crippen LogP contribution in [0.3, 0.4) is 0 Å². The van der Waals surface area contributed by atoms with E-state index >= 15 is 0 Å². The number of nitrogens with one attached hydrogen (secondary N) is 1. The molecule has 2 N–H and O–H groups in total. The number of hydrogen-bond donors (Lipinski definition) is 2. The normalized spacial score (nSPS) is 21.7. The van der Waals surface area contributed by atoms with Crippen molar-refractivity contribution < 1.29 is 32.6 Å². The molecule has 1 aromatic rings. The number of amides is 2. The molecule has 2 amide bonds. The van der Waals surface area contributed by atoms with Crippen molar-refractivity contribution >= 4 is 39.2 Å². The highest BCUT2D eigenvalue weighted by molar-refractivity contribution is 7.92. The van der Waals surface area contributed by atoms with E-state index in [4.69, 9.17) is 4.74 Å². The number of likely N-dealkylation sites (N-methyl/N-ethyl adjacent to an activating group) is 1. The zero-order chi connectivity index (χ0) is 21.3. The predicted octanol–water partition coefficient (Wildman–Crippen LogP) is 0.638. The molecule has 2 aliphatic heterocycles. The van der Waals surface area contributed by atoms with E-state index in [0.29, 0.717) is 23.7 Å². The van der Waals surface area contributed by atoms with Crippen molar-refractivity contribution in [3.8, 4) is 5.75 Å². The minimum absolute atomic E-state index is 0.00657. The third kappa shape index (κ3) is 4.61. The van der Waals surface area contributed by atoms with Gasteiger partial charge in [-0.15, -0.1) is 0 Å². The van der Waals surface area contributed by atoms with Gasteiger partial charge in [-0.25, -0.2) is 8.42 Å². The number of aliphatic carboxylic acids is 1. The Hall–Kier alpha value is -2.82. The second kappa shape index (κ2) is 7.90. The predicted molar refractivity (Wildman–Crippen MR) is 104 cm³/mol. The monoisotopic (exact) mass is 425 g/mol. The minimum Gasteiger partial charge on any atom is -0.485 e. The molecule has 2 atom stereocenters. The van der Waals surface area contributed by atoms with Gasteiger partial charge in [0.1, 0.15) is 11.9 Å². The number of carboxylic acids is 1. The lowest BCUT2D eigenvalue weighted by Gasteiger charge is -2.44. The number of carboxylic acid groups (broad SMARTS) is 1. The number of likely N-dealkylation sites (tertiary alicyclic amines) is 1. The number of ether oxygens (including phenoxy) is 1. The number of carbonyl (C=O) groups excluding carboxylic acids is 2. The average molecular weight is 425 g/mol. The number of fused-ring (bicyclic) bond motifs is 1. The lowest BCUT2D eigenvalue weighted by atomic mass is 10.0. The van der Waals surface area contributed by atoms with Crippen LogP contribution >= 0.6 is 0 Å². The first-order valence-corrected chi connectivity index (χ1v) is 11.1. The van der Waals surface area contributed by atoms with E-state index < -0.39 is 28.1 Å². The summed E-state index contributed by atoms with van der Waals surface area (Å²) in [5.41, 5.74) is 0.893. The third-order valence-corrected chi connectivity index (χ3v) is 5.53. The third-order valence-electron chi connectivity index (χ3n) is 4.92. The van der Waals surface area contributed by atoms with Gasteiger partial charge in [-0.3, -0.25) is 24.0 Å². The van der Waals surface area contributed by atoms with Crippen molar-refractivity contribution in [1.29, 1.82) is 0 Å².